The molecule has 118 valence electrons. The van der Waals surface area contributed by atoms with E-state index >= 15 is 0 Å². The van der Waals surface area contributed by atoms with E-state index in [1.807, 2.05) is 24.3 Å². The van der Waals surface area contributed by atoms with Gasteiger partial charge in [0.1, 0.15) is 6.54 Å². The van der Waals surface area contributed by atoms with Crippen molar-refractivity contribution in [3.63, 3.8) is 0 Å². The highest BCUT2D eigenvalue weighted by Gasteiger charge is 2.07. The van der Waals surface area contributed by atoms with Gasteiger partial charge in [0.25, 0.3) is 0 Å². The first-order valence-electron chi connectivity index (χ1n) is 6.83. The molecule has 1 amide bonds. The predicted octanol–water partition coefficient (Wildman–Crippen LogP) is 3.18. The van der Waals surface area contributed by atoms with Crippen molar-refractivity contribution in [1.82, 2.24) is 19.6 Å². The molecule has 2 heterocycles. The van der Waals surface area contributed by atoms with E-state index in [9.17, 15) is 4.79 Å². The molecule has 0 fully saturated rings. The van der Waals surface area contributed by atoms with Crippen molar-refractivity contribution in [2.24, 2.45) is 0 Å². The number of amides is 1. The molecule has 0 aliphatic carbocycles. The van der Waals surface area contributed by atoms with E-state index in [2.05, 4.69) is 31.4 Å². The Balaban J connectivity index is 1.59. The second-order valence-electron chi connectivity index (χ2n) is 4.96. The number of halogens is 2. The Morgan fingerprint density at radius 3 is 2.78 bits per heavy atom. The second-order valence-corrected chi connectivity index (χ2v) is 6.31. The third kappa shape index (κ3) is 4.43. The highest BCUT2D eigenvalue weighted by Crippen LogP contribution is 2.13. The van der Waals surface area contributed by atoms with Gasteiger partial charge in [-0.2, -0.15) is 10.2 Å². The van der Waals surface area contributed by atoms with Crippen molar-refractivity contribution in [3.05, 3.63) is 64.1 Å². The molecule has 0 aliphatic rings. The average Bonchev–Trinajstić information content (AvgIpc) is 3.08. The predicted molar refractivity (Wildman–Crippen MR) is 91.3 cm³/mol. The number of carbonyl (C=O) groups excluding carboxylic acids is 1. The molecule has 0 atom stereocenters. The molecule has 6 nitrogen and oxygen atoms in total. The van der Waals surface area contributed by atoms with Crippen molar-refractivity contribution >= 4 is 39.1 Å². The smallest absolute Gasteiger partial charge is 0.246 e. The van der Waals surface area contributed by atoms with E-state index < -0.39 is 0 Å². The van der Waals surface area contributed by atoms with Crippen LogP contribution in [0.2, 0.25) is 5.02 Å². The maximum absolute atomic E-state index is 12.0. The Hall–Kier alpha value is -2.12. The molecule has 8 heteroatoms. The van der Waals surface area contributed by atoms with Crippen LogP contribution in [0.15, 0.2) is 53.5 Å². The molecule has 0 unspecified atom stereocenters. The molecule has 0 spiro atoms. The molecule has 1 N–H and O–H groups in total. The summed E-state index contributed by atoms with van der Waals surface area (Å²) in [6, 6.07) is 7.58. The largest absolute Gasteiger partial charge is 0.322 e. The molecule has 0 bridgehead atoms. The summed E-state index contributed by atoms with van der Waals surface area (Å²) >= 11 is 9.26. The summed E-state index contributed by atoms with van der Waals surface area (Å²) in [6.45, 7) is 0.730. The van der Waals surface area contributed by atoms with Gasteiger partial charge < -0.3 is 5.32 Å². The normalized spacial score (nSPS) is 10.7. The van der Waals surface area contributed by atoms with Crippen molar-refractivity contribution < 1.29 is 4.79 Å². The fourth-order valence-corrected chi connectivity index (χ4v) is 2.65. The molecule has 1 aromatic carbocycles. The third-order valence-electron chi connectivity index (χ3n) is 3.06. The van der Waals surface area contributed by atoms with Gasteiger partial charge in [0.15, 0.2) is 0 Å². The molecule has 0 saturated carbocycles. The van der Waals surface area contributed by atoms with Gasteiger partial charge >= 0.3 is 0 Å². The number of rotatable bonds is 5. The quantitative estimate of drug-likeness (QED) is 0.723. The van der Waals surface area contributed by atoms with Crippen LogP contribution in [0, 0.1) is 0 Å². The fraction of sp³-hybridized carbons (Fsp3) is 0.133. The fourth-order valence-electron chi connectivity index (χ4n) is 2.11. The summed E-state index contributed by atoms with van der Waals surface area (Å²) in [7, 11) is 0. The van der Waals surface area contributed by atoms with Crippen LogP contribution in [-0.2, 0) is 17.9 Å². The van der Waals surface area contributed by atoms with Crippen LogP contribution in [0.1, 0.15) is 5.56 Å². The minimum absolute atomic E-state index is 0.144. The Morgan fingerprint density at radius 1 is 1.22 bits per heavy atom. The summed E-state index contributed by atoms with van der Waals surface area (Å²) in [5.74, 6) is -0.164. The average molecular weight is 395 g/mol. The number of anilines is 1. The highest BCUT2D eigenvalue weighted by atomic mass is 79.9. The molecule has 23 heavy (non-hydrogen) atoms. The number of nitrogens with one attached hydrogen (secondary N) is 1. The Labute approximate surface area is 146 Å². The van der Waals surface area contributed by atoms with E-state index in [1.165, 1.54) is 0 Å². The number of hydrogen-bond donors (Lipinski definition) is 1. The van der Waals surface area contributed by atoms with Crippen LogP contribution >= 0.6 is 27.5 Å². The van der Waals surface area contributed by atoms with E-state index in [0.717, 1.165) is 10.0 Å². The monoisotopic (exact) mass is 393 g/mol. The molecule has 0 aliphatic heterocycles. The van der Waals surface area contributed by atoms with Gasteiger partial charge in [-0.05, 0) is 33.6 Å². The van der Waals surface area contributed by atoms with E-state index in [4.69, 9.17) is 11.6 Å². The van der Waals surface area contributed by atoms with E-state index in [1.54, 1.807) is 34.2 Å². The second kappa shape index (κ2) is 6.97. The van der Waals surface area contributed by atoms with Gasteiger partial charge in [-0.3, -0.25) is 14.2 Å². The first kappa shape index (κ1) is 15.8. The van der Waals surface area contributed by atoms with Gasteiger partial charge in [-0.15, -0.1) is 0 Å². The van der Waals surface area contributed by atoms with Crippen molar-refractivity contribution in [3.8, 4) is 0 Å². The highest BCUT2D eigenvalue weighted by molar-refractivity contribution is 9.10. The zero-order chi connectivity index (χ0) is 16.2. The van der Waals surface area contributed by atoms with Crippen LogP contribution in [0.5, 0.6) is 0 Å². The third-order valence-corrected chi connectivity index (χ3v) is 3.70. The van der Waals surface area contributed by atoms with Crippen LogP contribution in [0.25, 0.3) is 0 Å². The molecule has 0 saturated heterocycles. The van der Waals surface area contributed by atoms with Gasteiger partial charge in [-0.25, -0.2) is 0 Å². The Kier molecular flexibility index (Phi) is 4.78. The molecule has 3 rings (SSSR count). The lowest BCUT2D eigenvalue weighted by Crippen LogP contribution is -2.18. The lowest BCUT2D eigenvalue weighted by atomic mass is 10.2. The summed E-state index contributed by atoms with van der Waals surface area (Å²) in [4.78, 5) is 12.0. The Morgan fingerprint density at radius 2 is 2.04 bits per heavy atom. The van der Waals surface area contributed by atoms with Crippen LogP contribution < -0.4 is 5.32 Å². The number of hydrogen-bond acceptors (Lipinski definition) is 3. The zero-order valence-electron chi connectivity index (χ0n) is 12.0. The van der Waals surface area contributed by atoms with Gasteiger partial charge in [-0.1, -0.05) is 23.7 Å². The molecular formula is C15H13BrClN5O. The van der Waals surface area contributed by atoms with E-state index in [0.29, 0.717) is 17.3 Å². The summed E-state index contributed by atoms with van der Waals surface area (Å²) in [6.07, 6.45) is 6.76. The number of nitrogens with zero attached hydrogens (tertiary/aromatic N) is 4. The van der Waals surface area contributed by atoms with Crippen molar-refractivity contribution in [1.29, 1.82) is 0 Å². The van der Waals surface area contributed by atoms with Crippen LogP contribution in [0.3, 0.4) is 0 Å². The van der Waals surface area contributed by atoms with Crippen molar-refractivity contribution in [2.45, 2.75) is 13.1 Å². The Bertz CT molecular complexity index is 829. The maximum Gasteiger partial charge on any atom is 0.246 e. The van der Waals surface area contributed by atoms with Gasteiger partial charge in [0, 0.05) is 17.4 Å². The minimum Gasteiger partial charge on any atom is -0.322 e. The molecule has 3 aromatic rings. The number of carbonyl (C=O) groups is 1. The lowest BCUT2D eigenvalue weighted by Gasteiger charge is -2.03. The minimum atomic E-state index is -0.164. The molecular weight excluding hydrogens is 382 g/mol. The first-order chi connectivity index (χ1) is 11.1. The van der Waals surface area contributed by atoms with Gasteiger partial charge in [0.05, 0.1) is 29.1 Å². The van der Waals surface area contributed by atoms with Crippen LogP contribution in [-0.4, -0.2) is 25.5 Å². The topological polar surface area (TPSA) is 64.7 Å². The first-order valence-corrected chi connectivity index (χ1v) is 8.00. The lowest BCUT2D eigenvalue weighted by molar-refractivity contribution is -0.116. The summed E-state index contributed by atoms with van der Waals surface area (Å²) < 4.78 is 4.13. The molecule has 0 radical (unpaired) electrons. The van der Waals surface area contributed by atoms with Gasteiger partial charge in [0.2, 0.25) is 5.91 Å². The zero-order valence-corrected chi connectivity index (χ0v) is 14.3. The van der Waals surface area contributed by atoms with Crippen molar-refractivity contribution in [2.75, 3.05) is 5.32 Å². The number of benzene rings is 1. The standard InChI is InChI=1S/C15H13BrClN5O/c16-12-5-18-22(8-12)10-15(23)20-14-6-19-21(9-14)7-11-2-1-3-13(17)4-11/h1-6,8-9H,7,10H2,(H,20,23). The van der Waals surface area contributed by atoms with Crippen LogP contribution in [0.4, 0.5) is 5.69 Å². The SMILES string of the molecule is O=C(Cn1cc(Br)cn1)Nc1cnn(Cc2cccc(Cl)c2)c1. The van der Waals surface area contributed by atoms with E-state index in [-0.39, 0.29) is 12.5 Å². The summed E-state index contributed by atoms with van der Waals surface area (Å²) in [5, 5.41) is 11.8. The molecule has 2 aromatic heterocycles. The summed E-state index contributed by atoms with van der Waals surface area (Å²) in [5.41, 5.74) is 1.68. The number of aromatic nitrogens is 4. The maximum atomic E-state index is 12.0.